The van der Waals surface area contributed by atoms with Crippen LogP contribution in [0.1, 0.15) is 32.0 Å². The number of anilines is 2. The summed E-state index contributed by atoms with van der Waals surface area (Å²) in [6.07, 6.45) is 0. The van der Waals surface area contributed by atoms with Crippen LogP contribution in [0.3, 0.4) is 0 Å². The Morgan fingerprint density at radius 3 is 2.39 bits per heavy atom. The lowest BCUT2D eigenvalue weighted by atomic mass is 9.92. The number of aryl methyl sites for hydroxylation is 1. The van der Waals surface area contributed by atoms with Crippen LogP contribution in [0.15, 0.2) is 66.7 Å². The number of nitrogens with one attached hydrogen (secondary N) is 2. The maximum atomic E-state index is 6.22. The van der Waals surface area contributed by atoms with Gasteiger partial charge >= 0.3 is 0 Å². The van der Waals surface area contributed by atoms with E-state index < -0.39 is 0 Å². The number of morpholine rings is 1. The molecular weight excluding hydrogens is 474 g/mol. The minimum absolute atomic E-state index is 0.0480. The molecule has 0 aliphatic carbocycles. The molecule has 7 nitrogen and oxygen atoms in total. The Bertz CT molecular complexity index is 1350. The van der Waals surface area contributed by atoms with Crippen molar-refractivity contribution in [2.75, 3.05) is 56.8 Å². The molecule has 0 atom stereocenters. The molecule has 0 unspecified atom stereocenters. The normalized spacial score (nSPS) is 14.5. The van der Waals surface area contributed by atoms with Gasteiger partial charge in [-0.3, -0.25) is 4.90 Å². The molecule has 0 saturated carbocycles. The highest BCUT2D eigenvalue weighted by Gasteiger charge is 2.20. The summed E-state index contributed by atoms with van der Waals surface area (Å²) >= 11 is 0. The van der Waals surface area contributed by atoms with Crippen LogP contribution in [0.4, 0.5) is 11.5 Å². The predicted octanol–water partition coefficient (Wildman–Crippen LogP) is 5.82. The number of hydrogen-bond donors (Lipinski definition) is 2. The lowest BCUT2D eigenvalue weighted by molar-refractivity contribution is 0.0323. The van der Waals surface area contributed by atoms with Crippen molar-refractivity contribution in [2.24, 2.45) is 0 Å². The minimum Gasteiger partial charge on any atom is -0.492 e. The van der Waals surface area contributed by atoms with E-state index in [0.29, 0.717) is 13.3 Å². The molecule has 1 aliphatic heterocycles. The van der Waals surface area contributed by atoms with E-state index in [1.54, 1.807) is 0 Å². The molecule has 1 saturated heterocycles. The average Bonchev–Trinajstić information content (AvgIpc) is 3.35. The average molecular weight is 514 g/mol. The highest BCUT2D eigenvalue weighted by molar-refractivity contribution is 5.98. The Labute approximate surface area is 225 Å². The zero-order valence-corrected chi connectivity index (χ0v) is 23.0. The van der Waals surface area contributed by atoms with Gasteiger partial charge in [0.2, 0.25) is 0 Å². The molecule has 1 aromatic heterocycles. The summed E-state index contributed by atoms with van der Waals surface area (Å²) in [6.45, 7) is 14.4. The van der Waals surface area contributed by atoms with Crippen molar-refractivity contribution >= 4 is 22.3 Å². The van der Waals surface area contributed by atoms with Gasteiger partial charge in [0, 0.05) is 47.6 Å². The van der Waals surface area contributed by atoms with Gasteiger partial charge in [0.15, 0.2) is 0 Å². The summed E-state index contributed by atoms with van der Waals surface area (Å²) < 4.78 is 13.7. The third-order valence-electron chi connectivity index (χ3n) is 6.96. The molecule has 2 N–H and O–H groups in total. The quantitative estimate of drug-likeness (QED) is 0.275. The molecule has 0 amide bonds. The largest absolute Gasteiger partial charge is 0.492 e. The molecule has 2 heterocycles. The summed E-state index contributed by atoms with van der Waals surface area (Å²) in [4.78, 5) is 2.39. The van der Waals surface area contributed by atoms with Crippen LogP contribution in [0, 0.1) is 6.92 Å². The molecule has 7 heteroatoms. The van der Waals surface area contributed by atoms with Crippen molar-refractivity contribution < 1.29 is 9.47 Å². The highest BCUT2D eigenvalue weighted by Crippen LogP contribution is 2.32. The number of aromatic nitrogens is 2. The fourth-order valence-corrected chi connectivity index (χ4v) is 4.65. The van der Waals surface area contributed by atoms with Gasteiger partial charge in [0.25, 0.3) is 0 Å². The van der Waals surface area contributed by atoms with E-state index in [4.69, 9.17) is 14.6 Å². The van der Waals surface area contributed by atoms with Crippen molar-refractivity contribution in [3.8, 4) is 11.4 Å². The predicted molar refractivity (Wildman–Crippen MR) is 156 cm³/mol. The Kier molecular flexibility index (Phi) is 7.86. The van der Waals surface area contributed by atoms with Gasteiger partial charge in [0.05, 0.1) is 31.3 Å². The molecule has 1 fully saturated rings. The Hall–Kier alpha value is -3.55. The third kappa shape index (κ3) is 6.11. The zero-order valence-electron chi connectivity index (χ0n) is 23.0. The summed E-state index contributed by atoms with van der Waals surface area (Å²) in [5.41, 5.74) is 4.33. The summed E-state index contributed by atoms with van der Waals surface area (Å²) in [5.74, 6) is 1.87. The van der Waals surface area contributed by atoms with Crippen LogP contribution < -0.4 is 15.4 Å². The fraction of sp³-hybridized carbons (Fsp3) is 0.387. The Balaban J connectivity index is 1.29. The fourth-order valence-electron chi connectivity index (χ4n) is 4.65. The second-order valence-corrected chi connectivity index (χ2v) is 10.9. The van der Waals surface area contributed by atoms with E-state index in [9.17, 15) is 0 Å². The maximum absolute atomic E-state index is 6.22. The van der Waals surface area contributed by atoms with Crippen LogP contribution >= 0.6 is 0 Å². The number of rotatable bonds is 9. The van der Waals surface area contributed by atoms with Gasteiger partial charge < -0.3 is 20.1 Å². The molecule has 3 aromatic carbocycles. The van der Waals surface area contributed by atoms with Crippen LogP contribution in [-0.4, -0.2) is 60.8 Å². The lowest BCUT2D eigenvalue weighted by Crippen LogP contribution is -2.38. The van der Waals surface area contributed by atoms with Gasteiger partial charge in [-0.25, -0.2) is 4.68 Å². The number of nitrogens with zero attached hydrogens (tertiary/aromatic N) is 3. The first-order valence-corrected chi connectivity index (χ1v) is 13.5. The summed E-state index contributed by atoms with van der Waals surface area (Å²) in [7, 11) is 0. The van der Waals surface area contributed by atoms with E-state index in [1.807, 2.05) is 4.68 Å². The van der Waals surface area contributed by atoms with Gasteiger partial charge in [-0.15, -0.1) is 0 Å². The summed E-state index contributed by atoms with van der Waals surface area (Å²) in [6, 6.07) is 23.2. The first-order valence-electron chi connectivity index (χ1n) is 13.5. The topological polar surface area (TPSA) is 63.6 Å². The summed E-state index contributed by atoms with van der Waals surface area (Å²) in [5, 5.41) is 14.3. The maximum Gasteiger partial charge on any atom is 0.131 e. The van der Waals surface area contributed by atoms with Gasteiger partial charge in [-0.2, -0.15) is 5.10 Å². The monoisotopic (exact) mass is 513 g/mol. The first-order chi connectivity index (χ1) is 18.4. The van der Waals surface area contributed by atoms with E-state index in [2.05, 4.69) is 110 Å². The second kappa shape index (κ2) is 11.5. The molecule has 0 bridgehead atoms. The molecule has 1 aliphatic rings. The molecule has 4 aromatic rings. The smallest absolute Gasteiger partial charge is 0.131 e. The van der Waals surface area contributed by atoms with Gasteiger partial charge in [-0.05, 0) is 31.2 Å². The van der Waals surface area contributed by atoms with Crippen molar-refractivity contribution in [3.05, 3.63) is 78.0 Å². The number of fused-ring (bicyclic) bond motifs is 1. The molecule has 5 rings (SSSR count). The Morgan fingerprint density at radius 2 is 1.66 bits per heavy atom. The lowest BCUT2D eigenvalue weighted by Gasteiger charge is -2.26. The van der Waals surface area contributed by atoms with Crippen molar-refractivity contribution in [3.63, 3.8) is 0 Å². The van der Waals surface area contributed by atoms with Crippen LogP contribution in [0.25, 0.3) is 16.5 Å². The van der Waals surface area contributed by atoms with Gasteiger partial charge in [-0.1, -0.05) is 62.7 Å². The minimum atomic E-state index is -0.0480. The Morgan fingerprint density at radius 1 is 0.921 bits per heavy atom. The van der Waals surface area contributed by atoms with E-state index in [0.717, 1.165) is 72.3 Å². The second-order valence-electron chi connectivity index (χ2n) is 10.9. The highest BCUT2D eigenvalue weighted by atomic mass is 16.5. The molecule has 200 valence electrons. The van der Waals surface area contributed by atoms with E-state index in [-0.39, 0.29) is 5.41 Å². The van der Waals surface area contributed by atoms with Gasteiger partial charge in [0.1, 0.15) is 18.2 Å². The SMILES string of the molecule is Cc1ccc(-n2nc(C(C)(C)C)cc2NCNc2ccc(OCCN3CCOCC3)c3ccccc23)cc1. The number of ether oxygens (including phenoxy) is 2. The van der Waals surface area contributed by atoms with Crippen molar-refractivity contribution in [2.45, 2.75) is 33.1 Å². The standard InChI is InChI=1S/C31H39N5O2/c1-23-9-11-24(12-10-23)36-30(21-29(34-36)31(2,3)4)33-22-32-27-13-14-28(26-8-6-5-7-25(26)27)38-20-17-35-15-18-37-19-16-35/h5-14,21,32-33H,15-20,22H2,1-4H3. The van der Waals surface area contributed by atoms with Crippen LogP contribution in [0.5, 0.6) is 5.75 Å². The number of benzene rings is 3. The molecule has 0 spiro atoms. The van der Waals surface area contributed by atoms with Crippen molar-refractivity contribution in [1.82, 2.24) is 14.7 Å². The van der Waals surface area contributed by atoms with E-state index >= 15 is 0 Å². The number of hydrogen-bond acceptors (Lipinski definition) is 6. The van der Waals surface area contributed by atoms with Crippen LogP contribution in [0.2, 0.25) is 0 Å². The zero-order chi connectivity index (χ0) is 26.5. The molecular formula is C31H39N5O2. The third-order valence-corrected chi connectivity index (χ3v) is 6.96. The molecule has 0 radical (unpaired) electrons. The van der Waals surface area contributed by atoms with Crippen molar-refractivity contribution in [1.29, 1.82) is 0 Å². The molecule has 38 heavy (non-hydrogen) atoms. The first kappa shape index (κ1) is 26.1. The van der Waals surface area contributed by atoms with E-state index in [1.165, 1.54) is 5.56 Å². The van der Waals surface area contributed by atoms with Crippen LogP contribution in [-0.2, 0) is 10.2 Å².